The molecule has 1 fully saturated rings. The molecule has 0 saturated heterocycles. The van der Waals surface area contributed by atoms with Crippen LogP contribution in [-0.4, -0.2) is 16.0 Å². The van der Waals surface area contributed by atoms with Crippen molar-refractivity contribution >= 4 is 0 Å². The van der Waals surface area contributed by atoms with E-state index in [1.165, 1.54) is 19.3 Å². The van der Waals surface area contributed by atoms with Crippen LogP contribution in [0.25, 0.3) is 0 Å². The summed E-state index contributed by atoms with van der Waals surface area (Å²) in [4.78, 5) is 8.94. The van der Waals surface area contributed by atoms with Crippen molar-refractivity contribution in [2.45, 2.75) is 51.6 Å². The van der Waals surface area contributed by atoms with E-state index < -0.39 is 0 Å². The van der Waals surface area contributed by atoms with E-state index in [1.54, 1.807) is 0 Å². The standard InChI is InChI=1S/C12H19N3/c1-9(2)14-8-11-6-7-13-12(15-11)10-4-3-5-10/h6-7,9-10,14H,3-5,8H2,1-2H3. The van der Waals surface area contributed by atoms with Gasteiger partial charge in [-0.1, -0.05) is 20.3 Å². The number of hydrogen-bond acceptors (Lipinski definition) is 3. The fourth-order valence-corrected chi connectivity index (χ4v) is 1.68. The minimum absolute atomic E-state index is 0.507. The van der Waals surface area contributed by atoms with Gasteiger partial charge in [-0.2, -0.15) is 0 Å². The third-order valence-electron chi connectivity index (χ3n) is 2.89. The molecule has 15 heavy (non-hydrogen) atoms. The number of nitrogens with one attached hydrogen (secondary N) is 1. The maximum absolute atomic E-state index is 4.59. The first-order chi connectivity index (χ1) is 7.25. The highest BCUT2D eigenvalue weighted by Crippen LogP contribution is 2.33. The predicted molar refractivity (Wildman–Crippen MR) is 60.6 cm³/mol. The average molecular weight is 205 g/mol. The van der Waals surface area contributed by atoms with Gasteiger partial charge in [-0.3, -0.25) is 0 Å². The monoisotopic (exact) mass is 205 g/mol. The van der Waals surface area contributed by atoms with Crippen LogP contribution in [0.4, 0.5) is 0 Å². The van der Waals surface area contributed by atoms with E-state index in [0.717, 1.165) is 18.1 Å². The van der Waals surface area contributed by atoms with Crippen LogP contribution in [0.2, 0.25) is 0 Å². The van der Waals surface area contributed by atoms with E-state index in [1.807, 2.05) is 12.3 Å². The van der Waals surface area contributed by atoms with E-state index >= 15 is 0 Å². The van der Waals surface area contributed by atoms with Crippen LogP contribution in [0.3, 0.4) is 0 Å². The van der Waals surface area contributed by atoms with Gasteiger partial charge in [0.05, 0.1) is 5.69 Å². The molecule has 3 nitrogen and oxygen atoms in total. The molecule has 1 aliphatic rings. The maximum atomic E-state index is 4.59. The maximum Gasteiger partial charge on any atom is 0.131 e. The first kappa shape index (κ1) is 10.6. The average Bonchev–Trinajstić information content (AvgIpc) is 2.13. The molecule has 1 saturated carbocycles. The topological polar surface area (TPSA) is 37.8 Å². The van der Waals surface area contributed by atoms with Crippen LogP contribution >= 0.6 is 0 Å². The molecule has 0 spiro atoms. The lowest BCUT2D eigenvalue weighted by atomic mass is 9.85. The van der Waals surface area contributed by atoms with Gasteiger partial charge in [0.2, 0.25) is 0 Å². The lowest BCUT2D eigenvalue weighted by Gasteiger charge is -2.23. The molecule has 82 valence electrons. The van der Waals surface area contributed by atoms with E-state index in [9.17, 15) is 0 Å². The third-order valence-corrected chi connectivity index (χ3v) is 2.89. The number of nitrogens with zero attached hydrogens (tertiary/aromatic N) is 2. The van der Waals surface area contributed by atoms with Crippen LogP contribution in [0, 0.1) is 0 Å². The Morgan fingerprint density at radius 2 is 2.27 bits per heavy atom. The smallest absolute Gasteiger partial charge is 0.131 e. The predicted octanol–water partition coefficient (Wildman–Crippen LogP) is 2.24. The third kappa shape index (κ3) is 2.75. The van der Waals surface area contributed by atoms with E-state index in [-0.39, 0.29) is 0 Å². The zero-order valence-corrected chi connectivity index (χ0v) is 9.53. The fraction of sp³-hybridized carbons (Fsp3) is 0.667. The number of hydrogen-bond donors (Lipinski definition) is 1. The van der Waals surface area contributed by atoms with Crippen LogP contribution < -0.4 is 5.32 Å². The van der Waals surface area contributed by atoms with E-state index in [0.29, 0.717) is 12.0 Å². The Labute approximate surface area is 91.3 Å². The van der Waals surface area contributed by atoms with Crippen molar-refractivity contribution in [1.29, 1.82) is 0 Å². The molecule has 1 heterocycles. The molecule has 1 aliphatic carbocycles. The summed E-state index contributed by atoms with van der Waals surface area (Å²) in [7, 11) is 0. The first-order valence-electron chi connectivity index (χ1n) is 5.81. The molecule has 0 unspecified atom stereocenters. The van der Waals surface area contributed by atoms with Gasteiger partial charge >= 0.3 is 0 Å². The lowest BCUT2D eigenvalue weighted by molar-refractivity contribution is 0.399. The largest absolute Gasteiger partial charge is 0.309 e. The van der Waals surface area contributed by atoms with E-state index in [4.69, 9.17) is 0 Å². The zero-order chi connectivity index (χ0) is 10.7. The SMILES string of the molecule is CC(C)NCc1ccnc(C2CCC2)n1. The molecular weight excluding hydrogens is 186 g/mol. The van der Waals surface area contributed by atoms with Crippen molar-refractivity contribution in [3.8, 4) is 0 Å². The van der Waals surface area contributed by atoms with Crippen LogP contribution in [0.5, 0.6) is 0 Å². The molecular formula is C12H19N3. The minimum atomic E-state index is 0.507. The van der Waals surface area contributed by atoms with Gasteiger partial charge in [0.15, 0.2) is 0 Å². The van der Waals surface area contributed by atoms with Gasteiger partial charge in [-0.25, -0.2) is 9.97 Å². The molecule has 1 aromatic rings. The Morgan fingerprint density at radius 3 is 2.87 bits per heavy atom. The lowest BCUT2D eigenvalue weighted by Crippen LogP contribution is -2.23. The minimum Gasteiger partial charge on any atom is -0.309 e. The molecule has 1 aromatic heterocycles. The molecule has 3 heteroatoms. The first-order valence-corrected chi connectivity index (χ1v) is 5.81. The molecule has 0 atom stereocenters. The van der Waals surface area contributed by atoms with Gasteiger partial charge in [0, 0.05) is 24.7 Å². The fourth-order valence-electron chi connectivity index (χ4n) is 1.68. The molecule has 0 amide bonds. The Balaban J connectivity index is 1.98. The van der Waals surface area contributed by atoms with Gasteiger partial charge in [-0.05, 0) is 18.9 Å². The Bertz CT molecular complexity index is 318. The van der Waals surface area contributed by atoms with Gasteiger partial charge in [-0.15, -0.1) is 0 Å². The molecule has 0 aliphatic heterocycles. The second kappa shape index (κ2) is 4.71. The summed E-state index contributed by atoms with van der Waals surface area (Å²) >= 11 is 0. The Morgan fingerprint density at radius 1 is 1.47 bits per heavy atom. The zero-order valence-electron chi connectivity index (χ0n) is 9.53. The summed E-state index contributed by atoms with van der Waals surface area (Å²) in [6.45, 7) is 5.14. The summed E-state index contributed by atoms with van der Waals surface area (Å²) < 4.78 is 0. The van der Waals surface area contributed by atoms with Crippen LogP contribution in [0.1, 0.15) is 50.5 Å². The molecule has 2 rings (SSSR count). The summed E-state index contributed by atoms with van der Waals surface area (Å²) in [5.74, 6) is 1.67. The molecule has 1 N–H and O–H groups in total. The Hall–Kier alpha value is -0.960. The van der Waals surface area contributed by atoms with Crippen LogP contribution in [0.15, 0.2) is 12.3 Å². The summed E-state index contributed by atoms with van der Waals surface area (Å²) in [6, 6.07) is 2.50. The van der Waals surface area contributed by atoms with Crippen molar-refractivity contribution in [1.82, 2.24) is 15.3 Å². The number of rotatable bonds is 4. The highest BCUT2D eigenvalue weighted by atomic mass is 14.9. The summed E-state index contributed by atoms with van der Waals surface area (Å²) in [5, 5.41) is 3.37. The molecule has 0 aromatic carbocycles. The van der Waals surface area contributed by atoms with Crippen molar-refractivity contribution in [3.05, 3.63) is 23.8 Å². The highest BCUT2D eigenvalue weighted by molar-refractivity contribution is 5.07. The van der Waals surface area contributed by atoms with Crippen LogP contribution in [-0.2, 0) is 6.54 Å². The normalized spacial score (nSPS) is 16.7. The molecule has 0 radical (unpaired) electrons. The molecule has 0 bridgehead atoms. The second-order valence-corrected chi connectivity index (χ2v) is 4.57. The number of aromatic nitrogens is 2. The van der Waals surface area contributed by atoms with Crippen molar-refractivity contribution in [3.63, 3.8) is 0 Å². The summed E-state index contributed by atoms with van der Waals surface area (Å²) in [5.41, 5.74) is 1.11. The van der Waals surface area contributed by atoms with Crippen molar-refractivity contribution in [2.24, 2.45) is 0 Å². The quantitative estimate of drug-likeness (QED) is 0.819. The Kier molecular flexibility index (Phi) is 3.31. The summed E-state index contributed by atoms with van der Waals surface area (Å²) in [6.07, 6.45) is 5.75. The van der Waals surface area contributed by atoms with Gasteiger partial charge in [0.25, 0.3) is 0 Å². The van der Waals surface area contributed by atoms with E-state index in [2.05, 4.69) is 29.1 Å². The highest BCUT2D eigenvalue weighted by Gasteiger charge is 2.22. The van der Waals surface area contributed by atoms with Gasteiger partial charge < -0.3 is 5.32 Å². The second-order valence-electron chi connectivity index (χ2n) is 4.57. The van der Waals surface area contributed by atoms with Crippen molar-refractivity contribution < 1.29 is 0 Å². The van der Waals surface area contributed by atoms with Gasteiger partial charge in [0.1, 0.15) is 5.82 Å². The van der Waals surface area contributed by atoms with Crippen molar-refractivity contribution in [2.75, 3.05) is 0 Å².